The Hall–Kier alpha value is -2.06. The fourth-order valence-electron chi connectivity index (χ4n) is 7.01. The van der Waals surface area contributed by atoms with Gasteiger partial charge in [0, 0.05) is 67.3 Å². The van der Waals surface area contributed by atoms with Crippen LogP contribution in [0.5, 0.6) is 0 Å². The number of nitrogens with one attached hydrogen (secondary N) is 1. The number of halogens is 4. The van der Waals surface area contributed by atoms with Crippen LogP contribution in [0.1, 0.15) is 68.1 Å². The Morgan fingerprint density at radius 3 is 2.25 bits per heavy atom. The third-order valence-corrected chi connectivity index (χ3v) is 10.4. The molecular formula is C34H44Cl3FN4O2. The Kier molecular flexibility index (Phi) is 11.7. The van der Waals surface area contributed by atoms with Gasteiger partial charge in [0.1, 0.15) is 12.2 Å². The van der Waals surface area contributed by atoms with Gasteiger partial charge in [0.15, 0.2) is 0 Å². The number of carbonyl (C=O) groups is 2. The largest absolute Gasteiger partial charge is 0.341 e. The number of amides is 3. The molecule has 240 valence electrons. The monoisotopic (exact) mass is 664 g/mol. The summed E-state index contributed by atoms with van der Waals surface area (Å²) in [4.78, 5) is 32.9. The minimum atomic E-state index is -0.718. The van der Waals surface area contributed by atoms with Crippen LogP contribution in [0, 0.1) is 5.92 Å². The predicted octanol–water partition coefficient (Wildman–Crippen LogP) is 7.38. The molecule has 0 radical (unpaired) electrons. The van der Waals surface area contributed by atoms with Crippen LogP contribution in [0.15, 0.2) is 36.4 Å². The average molecular weight is 666 g/mol. The minimum absolute atomic E-state index is 0.0822. The van der Waals surface area contributed by atoms with Crippen LogP contribution in [0.25, 0.3) is 0 Å². The van der Waals surface area contributed by atoms with Crippen molar-refractivity contribution in [3.8, 4) is 0 Å². The molecule has 10 heteroatoms. The summed E-state index contributed by atoms with van der Waals surface area (Å²) in [5.41, 5.74) is 3.34. The Morgan fingerprint density at radius 2 is 1.59 bits per heavy atom. The topological polar surface area (TPSA) is 55.9 Å². The van der Waals surface area contributed by atoms with Gasteiger partial charge in [-0.15, -0.1) is 0 Å². The standard InChI is InChI=1S/C34H44Cl3FN4O2/c1-2-23(21-40-14-11-29(38)22-40)17-26-18-27(35)7-8-30(26)24-9-15-41(16-10-24)33(43)32(39-34(44)42-12-3-4-13-42)19-25-5-6-28(36)20-31(25)37/h5-8,18,20,23-24,29,32H,2-4,9-17,19,21-22H2,1H3,(H,39,44)/t23?,29-,32-/m1/s1. The van der Waals surface area contributed by atoms with Crippen molar-refractivity contribution in [2.24, 2.45) is 5.92 Å². The Morgan fingerprint density at radius 1 is 0.886 bits per heavy atom. The summed E-state index contributed by atoms with van der Waals surface area (Å²) in [7, 11) is 0. The van der Waals surface area contributed by atoms with Crippen LogP contribution in [-0.2, 0) is 17.6 Å². The smallest absolute Gasteiger partial charge is 0.318 e. The van der Waals surface area contributed by atoms with Gasteiger partial charge in [-0.3, -0.25) is 4.79 Å². The second kappa shape index (κ2) is 15.5. The number of alkyl halides is 1. The van der Waals surface area contributed by atoms with E-state index in [0.29, 0.717) is 67.4 Å². The molecule has 44 heavy (non-hydrogen) atoms. The second-order valence-electron chi connectivity index (χ2n) is 12.7. The first-order valence-corrected chi connectivity index (χ1v) is 17.3. The van der Waals surface area contributed by atoms with Crippen molar-refractivity contribution in [1.82, 2.24) is 20.0 Å². The summed E-state index contributed by atoms with van der Waals surface area (Å²) < 4.78 is 13.8. The number of rotatable bonds is 10. The van der Waals surface area contributed by atoms with E-state index < -0.39 is 12.2 Å². The number of nitrogens with zero attached hydrogens (tertiary/aromatic N) is 3. The number of benzene rings is 2. The van der Waals surface area contributed by atoms with E-state index in [1.807, 2.05) is 17.0 Å². The van der Waals surface area contributed by atoms with Crippen LogP contribution in [0.2, 0.25) is 15.1 Å². The van der Waals surface area contributed by atoms with Crippen LogP contribution >= 0.6 is 34.8 Å². The molecular weight excluding hydrogens is 622 g/mol. The van der Waals surface area contributed by atoms with E-state index in [9.17, 15) is 14.0 Å². The van der Waals surface area contributed by atoms with E-state index in [1.54, 1.807) is 17.0 Å². The van der Waals surface area contributed by atoms with Gasteiger partial charge < -0.3 is 20.0 Å². The van der Waals surface area contributed by atoms with E-state index >= 15 is 0 Å². The lowest BCUT2D eigenvalue weighted by atomic mass is 9.83. The normalized spacial score (nSPS) is 21.1. The van der Waals surface area contributed by atoms with Crippen molar-refractivity contribution < 1.29 is 14.0 Å². The highest BCUT2D eigenvalue weighted by Gasteiger charge is 2.33. The molecule has 2 aromatic rings. The molecule has 6 nitrogen and oxygen atoms in total. The molecule has 3 amide bonds. The number of hydrogen-bond acceptors (Lipinski definition) is 3. The molecule has 5 rings (SSSR count). The number of piperidine rings is 1. The molecule has 0 bridgehead atoms. The summed E-state index contributed by atoms with van der Waals surface area (Å²) in [6.07, 6.45) is 5.77. The highest BCUT2D eigenvalue weighted by atomic mass is 35.5. The van der Waals surface area contributed by atoms with Gasteiger partial charge >= 0.3 is 6.03 Å². The van der Waals surface area contributed by atoms with Crippen LogP contribution in [0.3, 0.4) is 0 Å². The van der Waals surface area contributed by atoms with Gasteiger partial charge in [0.2, 0.25) is 5.91 Å². The lowest BCUT2D eigenvalue weighted by molar-refractivity contribution is -0.134. The molecule has 1 N–H and O–H groups in total. The van der Waals surface area contributed by atoms with Crippen LogP contribution in [0.4, 0.5) is 9.18 Å². The second-order valence-corrected chi connectivity index (χ2v) is 14.0. The highest BCUT2D eigenvalue weighted by molar-refractivity contribution is 6.35. The maximum atomic E-state index is 13.9. The zero-order valence-corrected chi connectivity index (χ0v) is 27.8. The fraction of sp³-hybridized carbons (Fsp3) is 0.588. The summed E-state index contributed by atoms with van der Waals surface area (Å²) in [6, 6.07) is 10.5. The van der Waals surface area contributed by atoms with Crippen LogP contribution in [-0.4, -0.2) is 84.7 Å². The van der Waals surface area contributed by atoms with E-state index in [1.165, 1.54) is 11.1 Å². The number of likely N-dealkylation sites (tertiary alicyclic amines) is 3. The average Bonchev–Trinajstić information content (AvgIpc) is 3.70. The molecule has 0 aliphatic carbocycles. The van der Waals surface area contributed by atoms with E-state index in [0.717, 1.165) is 62.2 Å². The lowest BCUT2D eigenvalue weighted by Gasteiger charge is -2.36. The van der Waals surface area contributed by atoms with Gasteiger partial charge in [-0.25, -0.2) is 9.18 Å². The maximum absolute atomic E-state index is 13.9. The maximum Gasteiger partial charge on any atom is 0.318 e. The van der Waals surface area contributed by atoms with Gasteiger partial charge in [-0.2, -0.15) is 0 Å². The third kappa shape index (κ3) is 8.60. The van der Waals surface area contributed by atoms with Gasteiger partial charge in [0.25, 0.3) is 0 Å². The molecule has 0 aromatic heterocycles. The number of urea groups is 1. The van der Waals surface area contributed by atoms with E-state index in [4.69, 9.17) is 34.8 Å². The van der Waals surface area contributed by atoms with Gasteiger partial charge in [-0.05, 0) is 91.3 Å². The zero-order chi connectivity index (χ0) is 31.2. The molecule has 3 heterocycles. The lowest BCUT2D eigenvalue weighted by Crippen LogP contribution is -2.54. The highest BCUT2D eigenvalue weighted by Crippen LogP contribution is 2.34. The zero-order valence-electron chi connectivity index (χ0n) is 25.6. The van der Waals surface area contributed by atoms with Crippen molar-refractivity contribution in [2.75, 3.05) is 45.8 Å². The Labute approximate surface area is 276 Å². The first kappa shape index (κ1) is 33.3. The fourth-order valence-corrected chi connectivity index (χ4v) is 7.69. The van der Waals surface area contributed by atoms with Crippen molar-refractivity contribution >= 4 is 46.7 Å². The molecule has 3 atom stereocenters. The summed E-state index contributed by atoms with van der Waals surface area (Å²) in [5, 5.41) is 4.77. The summed E-state index contributed by atoms with van der Waals surface area (Å²) in [6.45, 7) is 7.10. The first-order chi connectivity index (χ1) is 21.2. The Balaban J connectivity index is 1.25. The summed E-state index contributed by atoms with van der Waals surface area (Å²) >= 11 is 19.1. The first-order valence-electron chi connectivity index (χ1n) is 16.1. The van der Waals surface area contributed by atoms with Crippen LogP contribution < -0.4 is 5.32 Å². The number of carbonyl (C=O) groups excluding carboxylic acids is 2. The summed E-state index contributed by atoms with van der Waals surface area (Å²) in [5.74, 6) is 0.661. The van der Waals surface area contributed by atoms with Crippen molar-refractivity contribution in [1.29, 1.82) is 0 Å². The molecule has 3 fully saturated rings. The molecule has 0 spiro atoms. The molecule has 0 saturated carbocycles. The predicted molar refractivity (Wildman–Crippen MR) is 177 cm³/mol. The van der Waals surface area contributed by atoms with Gasteiger partial charge in [-0.1, -0.05) is 60.3 Å². The molecule has 3 aliphatic heterocycles. The third-order valence-electron chi connectivity index (χ3n) is 9.60. The Bertz CT molecular complexity index is 1300. The van der Waals surface area contributed by atoms with E-state index in [-0.39, 0.29) is 11.9 Å². The van der Waals surface area contributed by atoms with Crippen molar-refractivity contribution in [2.45, 2.75) is 76.4 Å². The van der Waals surface area contributed by atoms with Gasteiger partial charge in [0.05, 0.1) is 0 Å². The van der Waals surface area contributed by atoms with E-state index in [2.05, 4.69) is 29.3 Å². The molecule has 2 aromatic carbocycles. The molecule has 3 saturated heterocycles. The van der Waals surface area contributed by atoms with Crippen molar-refractivity contribution in [3.63, 3.8) is 0 Å². The van der Waals surface area contributed by atoms with Crippen molar-refractivity contribution in [3.05, 3.63) is 68.2 Å². The number of hydrogen-bond donors (Lipinski definition) is 1. The molecule has 1 unspecified atom stereocenters. The minimum Gasteiger partial charge on any atom is -0.341 e. The molecule has 3 aliphatic rings. The SMILES string of the molecule is CCC(Cc1cc(Cl)ccc1C1CCN(C(=O)[C@@H](Cc2ccc(Cl)cc2Cl)NC(=O)N2CCCC2)CC1)CN1CC[C@@H](F)C1. The quantitative estimate of drug-likeness (QED) is 0.288.